The van der Waals surface area contributed by atoms with E-state index in [2.05, 4.69) is 0 Å². The highest BCUT2D eigenvalue weighted by Gasteiger charge is 2.09. The van der Waals surface area contributed by atoms with Gasteiger partial charge in [0.2, 0.25) is 0 Å². The normalized spacial score (nSPS) is 12.0. The molecular weight excluding hydrogens is 292 g/mol. The molecule has 132 valence electrons. The fraction of sp³-hybridized carbons (Fsp3) is 0.769. The zero-order valence-corrected chi connectivity index (χ0v) is 12.9. The van der Waals surface area contributed by atoms with Crippen LogP contribution in [0.4, 0.5) is 0 Å². The Hall–Kier alpha value is -1.55. The van der Waals surface area contributed by atoms with Gasteiger partial charge in [0.1, 0.15) is 18.9 Å². The average molecular weight is 322 g/mol. The standard InChI is InChI=1S/2C6H14N2O2.CH2O/c2*7-4-2-1-3-5(8)6(9)10;1-2/h2*5H,1-4,7-8H2,(H,9,10);1H2/t2*5-;/m00./s1. The Balaban J connectivity index is -0.000000294. The van der Waals surface area contributed by atoms with Gasteiger partial charge in [0, 0.05) is 0 Å². The first-order valence-electron chi connectivity index (χ1n) is 7.02. The van der Waals surface area contributed by atoms with Gasteiger partial charge in [-0.1, -0.05) is 12.8 Å². The number of aliphatic carboxylic acids is 2. The minimum atomic E-state index is -0.933. The highest BCUT2D eigenvalue weighted by atomic mass is 16.4. The van der Waals surface area contributed by atoms with Gasteiger partial charge < -0.3 is 37.9 Å². The monoisotopic (exact) mass is 322 g/mol. The molecule has 0 aromatic rings. The second kappa shape index (κ2) is 19.4. The zero-order valence-electron chi connectivity index (χ0n) is 12.9. The second-order valence-corrected chi connectivity index (χ2v) is 4.46. The molecule has 0 unspecified atom stereocenters. The van der Waals surface area contributed by atoms with Gasteiger partial charge in [0.05, 0.1) is 0 Å². The largest absolute Gasteiger partial charge is 0.480 e. The molecular formula is C13H30N4O5. The van der Waals surface area contributed by atoms with Crippen LogP contribution in [-0.2, 0) is 14.4 Å². The number of hydrogen-bond acceptors (Lipinski definition) is 7. The average Bonchev–Trinajstić information content (AvgIpc) is 2.50. The van der Waals surface area contributed by atoms with Gasteiger partial charge in [-0.2, -0.15) is 0 Å². The van der Waals surface area contributed by atoms with Gasteiger partial charge in [-0.25, -0.2) is 0 Å². The molecule has 0 heterocycles. The van der Waals surface area contributed by atoms with Crippen LogP contribution in [0, 0.1) is 0 Å². The summed E-state index contributed by atoms with van der Waals surface area (Å²) in [5.74, 6) is -1.87. The van der Waals surface area contributed by atoms with E-state index in [4.69, 9.17) is 37.9 Å². The number of unbranched alkanes of at least 4 members (excludes halogenated alkanes) is 2. The molecule has 0 amide bonds. The molecule has 0 rings (SSSR count). The Morgan fingerprint density at radius 2 is 1.05 bits per heavy atom. The smallest absolute Gasteiger partial charge is 0.320 e. The van der Waals surface area contributed by atoms with Crippen molar-refractivity contribution in [3.63, 3.8) is 0 Å². The van der Waals surface area contributed by atoms with Crippen molar-refractivity contribution in [3.8, 4) is 0 Å². The lowest BCUT2D eigenvalue weighted by molar-refractivity contribution is -0.139. The molecule has 0 spiro atoms. The van der Waals surface area contributed by atoms with E-state index in [1.165, 1.54) is 0 Å². The molecule has 10 N–H and O–H groups in total. The molecule has 22 heavy (non-hydrogen) atoms. The molecule has 0 aromatic carbocycles. The fourth-order valence-electron chi connectivity index (χ4n) is 1.26. The number of nitrogens with two attached hydrogens (primary N) is 4. The summed E-state index contributed by atoms with van der Waals surface area (Å²) in [5, 5.41) is 16.7. The van der Waals surface area contributed by atoms with Crippen LogP contribution in [0.1, 0.15) is 38.5 Å². The van der Waals surface area contributed by atoms with E-state index in [-0.39, 0.29) is 0 Å². The van der Waals surface area contributed by atoms with E-state index in [1.54, 1.807) is 0 Å². The molecule has 0 aliphatic carbocycles. The summed E-state index contributed by atoms with van der Waals surface area (Å²) in [4.78, 5) is 28.3. The van der Waals surface area contributed by atoms with E-state index in [0.29, 0.717) is 25.9 Å². The van der Waals surface area contributed by atoms with Crippen molar-refractivity contribution in [1.82, 2.24) is 0 Å². The maximum atomic E-state index is 10.1. The van der Waals surface area contributed by atoms with Crippen molar-refractivity contribution in [1.29, 1.82) is 0 Å². The molecule has 9 heteroatoms. The van der Waals surface area contributed by atoms with Crippen LogP contribution in [-0.4, -0.2) is 54.1 Å². The van der Waals surface area contributed by atoms with Crippen LogP contribution in [0.25, 0.3) is 0 Å². The summed E-state index contributed by atoms with van der Waals surface area (Å²) in [7, 11) is 0. The molecule has 0 bridgehead atoms. The molecule has 0 saturated carbocycles. The molecule has 0 saturated heterocycles. The third-order valence-electron chi connectivity index (χ3n) is 2.57. The molecule has 0 aliphatic heterocycles. The third-order valence-corrected chi connectivity index (χ3v) is 2.57. The first kappa shape index (κ1) is 25.4. The number of carboxylic acids is 2. The van der Waals surface area contributed by atoms with Crippen molar-refractivity contribution in [2.24, 2.45) is 22.9 Å². The molecule has 0 aromatic heterocycles. The summed E-state index contributed by atoms with van der Waals surface area (Å²) in [6.07, 6.45) is 4.33. The van der Waals surface area contributed by atoms with Gasteiger partial charge in [0.25, 0.3) is 0 Å². The Bertz CT molecular complexity index is 253. The Morgan fingerprint density at radius 1 is 0.773 bits per heavy atom. The Labute approximate surface area is 131 Å². The van der Waals surface area contributed by atoms with Crippen LogP contribution in [0.3, 0.4) is 0 Å². The van der Waals surface area contributed by atoms with Crippen molar-refractivity contribution in [2.45, 2.75) is 50.6 Å². The summed E-state index contributed by atoms with van der Waals surface area (Å²) in [6, 6.07) is -1.43. The van der Waals surface area contributed by atoms with Gasteiger partial charge in [-0.3, -0.25) is 9.59 Å². The molecule has 2 atom stereocenters. The maximum Gasteiger partial charge on any atom is 0.320 e. The highest BCUT2D eigenvalue weighted by molar-refractivity contribution is 5.73. The van der Waals surface area contributed by atoms with E-state index >= 15 is 0 Å². The van der Waals surface area contributed by atoms with Crippen molar-refractivity contribution in [2.75, 3.05) is 13.1 Å². The van der Waals surface area contributed by atoms with Gasteiger partial charge in [-0.15, -0.1) is 0 Å². The van der Waals surface area contributed by atoms with Gasteiger partial charge >= 0.3 is 11.9 Å². The Kier molecular flexibility index (Phi) is 22.5. The molecule has 0 radical (unpaired) electrons. The number of hydrogen-bond donors (Lipinski definition) is 6. The quantitative estimate of drug-likeness (QED) is 0.269. The van der Waals surface area contributed by atoms with Gasteiger partial charge in [-0.05, 0) is 38.8 Å². The predicted molar refractivity (Wildman–Crippen MR) is 84.2 cm³/mol. The van der Waals surface area contributed by atoms with E-state index in [0.717, 1.165) is 25.7 Å². The topological polar surface area (TPSA) is 196 Å². The zero-order chi connectivity index (χ0) is 18.0. The Morgan fingerprint density at radius 3 is 1.23 bits per heavy atom. The van der Waals surface area contributed by atoms with Crippen LogP contribution < -0.4 is 22.9 Å². The lowest BCUT2D eigenvalue weighted by Crippen LogP contribution is -2.29. The van der Waals surface area contributed by atoms with Crippen molar-refractivity contribution in [3.05, 3.63) is 0 Å². The van der Waals surface area contributed by atoms with E-state index in [9.17, 15) is 9.59 Å². The lowest BCUT2D eigenvalue weighted by Gasteiger charge is -2.03. The van der Waals surface area contributed by atoms with Crippen LogP contribution >= 0.6 is 0 Å². The van der Waals surface area contributed by atoms with Crippen molar-refractivity contribution < 1.29 is 24.6 Å². The summed E-state index contributed by atoms with van der Waals surface area (Å²) in [6.45, 7) is 3.21. The lowest BCUT2D eigenvalue weighted by atomic mass is 10.1. The first-order chi connectivity index (χ1) is 10.4. The van der Waals surface area contributed by atoms with E-state index < -0.39 is 24.0 Å². The minimum absolute atomic E-state index is 0.520. The third kappa shape index (κ3) is 20.8. The SMILES string of the molecule is C=O.NCCCC[C@H](N)C(=O)O.NCCCC[C@H](N)C(=O)O. The van der Waals surface area contributed by atoms with E-state index in [1.807, 2.05) is 6.79 Å². The van der Waals surface area contributed by atoms with Gasteiger partial charge in [0.15, 0.2) is 0 Å². The first-order valence-corrected chi connectivity index (χ1v) is 7.02. The van der Waals surface area contributed by atoms with Crippen molar-refractivity contribution >= 4 is 18.7 Å². The minimum Gasteiger partial charge on any atom is -0.480 e. The van der Waals surface area contributed by atoms with Crippen LogP contribution in [0.2, 0.25) is 0 Å². The van der Waals surface area contributed by atoms with Crippen LogP contribution in [0.15, 0.2) is 0 Å². The highest BCUT2D eigenvalue weighted by Crippen LogP contribution is 1.97. The molecule has 0 aliphatic rings. The molecule has 9 nitrogen and oxygen atoms in total. The molecule has 0 fully saturated rings. The second-order valence-electron chi connectivity index (χ2n) is 4.46. The number of rotatable bonds is 10. The maximum absolute atomic E-state index is 10.1. The summed E-state index contributed by atoms with van der Waals surface area (Å²) in [5.41, 5.74) is 20.8. The van der Waals surface area contributed by atoms with Crippen LogP contribution in [0.5, 0.6) is 0 Å². The predicted octanol–water partition coefficient (Wildman–Crippen LogP) is -1.13. The summed E-state index contributed by atoms with van der Waals surface area (Å²) < 4.78 is 0. The number of carbonyl (C=O) groups is 3. The number of carbonyl (C=O) groups excluding carboxylic acids is 1. The summed E-state index contributed by atoms with van der Waals surface area (Å²) >= 11 is 0. The number of carboxylic acid groups (broad SMARTS) is 2. The fourth-order valence-corrected chi connectivity index (χ4v) is 1.26.